The van der Waals surface area contributed by atoms with E-state index >= 15 is 0 Å². The Morgan fingerprint density at radius 3 is 2.72 bits per heavy atom. The molecular weight excluding hydrogens is 250 g/mol. The van der Waals surface area contributed by atoms with Crippen molar-refractivity contribution in [3.05, 3.63) is 5.82 Å². The van der Waals surface area contributed by atoms with E-state index in [4.69, 9.17) is 5.11 Å². The minimum Gasteiger partial charge on any atom is -0.481 e. The van der Waals surface area contributed by atoms with E-state index in [9.17, 15) is 4.79 Å². The molecule has 98 valence electrons. The zero-order chi connectivity index (χ0) is 12.7. The van der Waals surface area contributed by atoms with Crippen molar-refractivity contribution in [2.75, 3.05) is 5.75 Å². The van der Waals surface area contributed by atoms with Crippen molar-refractivity contribution < 1.29 is 9.90 Å². The monoisotopic (exact) mass is 267 g/mol. The van der Waals surface area contributed by atoms with E-state index in [0.29, 0.717) is 5.92 Å². The molecule has 0 aliphatic heterocycles. The first-order chi connectivity index (χ1) is 8.66. The number of thioether (sulfide) groups is 1. The van der Waals surface area contributed by atoms with Gasteiger partial charge >= 0.3 is 5.97 Å². The van der Waals surface area contributed by atoms with Crippen LogP contribution in [0.25, 0.3) is 0 Å². The third-order valence-electron chi connectivity index (χ3n) is 4.02. The van der Waals surface area contributed by atoms with Crippen molar-refractivity contribution in [3.8, 4) is 0 Å². The molecule has 2 aliphatic rings. The van der Waals surface area contributed by atoms with Gasteiger partial charge in [-0.3, -0.25) is 4.79 Å². The SMILES string of the molecule is Cn1nc(C2C3CCCCC32)nc1SCC(=O)O. The molecule has 6 heteroatoms. The number of fused-ring (bicyclic) bond motifs is 1. The molecule has 0 aromatic carbocycles. The number of aliphatic carboxylic acids is 1. The molecule has 3 rings (SSSR count). The first-order valence-electron chi connectivity index (χ1n) is 6.42. The molecule has 0 amide bonds. The van der Waals surface area contributed by atoms with Crippen LogP contribution in [0.2, 0.25) is 0 Å². The predicted octanol–water partition coefficient (Wildman–Crippen LogP) is 1.90. The van der Waals surface area contributed by atoms with Crippen LogP contribution in [0.4, 0.5) is 0 Å². The molecule has 1 aromatic heterocycles. The molecular formula is C12H17N3O2S. The molecule has 1 N–H and O–H groups in total. The van der Waals surface area contributed by atoms with E-state index in [1.165, 1.54) is 37.4 Å². The second-order valence-electron chi connectivity index (χ2n) is 5.20. The van der Waals surface area contributed by atoms with E-state index in [-0.39, 0.29) is 5.75 Å². The Hall–Kier alpha value is -1.04. The third-order valence-corrected chi connectivity index (χ3v) is 5.02. The number of carboxylic acids is 1. The molecule has 2 fully saturated rings. The summed E-state index contributed by atoms with van der Waals surface area (Å²) in [6.45, 7) is 0. The summed E-state index contributed by atoms with van der Waals surface area (Å²) in [6.07, 6.45) is 5.30. The van der Waals surface area contributed by atoms with Gasteiger partial charge in [0.25, 0.3) is 0 Å². The van der Waals surface area contributed by atoms with Gasteiger partial charge in [-0.15, -0.1) is 0 Å². The normalized spacial score (nSPS) is 29.9. The standard InChI is InChI=1S/C12H17N3O2S/c1-15-12(18-6-9(16)17)13-11(14-15)10-7-4-2-3-5-8(7)10/h7-8,10H,2-6H2,1H3,(H,16,17). The molecule has 0 spiro atoms. The van der Waals surface area contributed by atoms with Crippen LogP contribution in [0.5, 0.6) is 0 Å². The van der Waals surface area contributed by atoms with Gasteiger partial charge in [-0.2, -0.15) is 5.10 Å². The summed E-state index contributed by atoms with van der Waals surface area (Å²) >= 11 is 1.24. The van der Waals surface area contributed by atoms with Gasteiger partial charge in [0.15, 0.2) is 11.0 Å². The molecule has 1 aromatic rings. The summed E-state index contributed by atoms with van der Waals surface area (Å²) in [5.74, 6) is 2.28. The third kappa shape index (κ3) is 2.13. The number of aromatic nitrogens is 3. The maximum Gasteiger partial charge on any atom is 0.313 e. The van der Waals surface area contributed by atoms with E-state index in [2.05, 4.69) is 10.1 Å². The molecule has 5 nitrogen and oxygen atoms in total. The summed E-state index contributed by atoms with van der Waals surface area (Å²) < 4.78 is 1.72. The lowest BCUT2D eigenvalue weighted by Crippen LogP contribution is -2.00. The molecule has 18 heavy (non-hydrogen) atoms. The lowest BCUT2D eigenvalue weighted by atomic mass is 10.0. The second-order valence-corrected chi connectivity index (χ2v) is 6.14. The number of aryl methyl sites for hydroxylation is 1. The van der Waals surface area contributed by atoms with Gasteiger partial charge in [0.1, 0.15) is 0 Å². The van der Waals surface area contributed by atoms with E-state index in [1.54, 1.807) is 4.68 Å². The zero-order valence-electron chi connectivity index (χ0n) is 10.4. The van der Waals surface area contributed by atoms with Crippen LogP contribution in [-0.2, 0) is 11.8 Å². The van der Waals surface area contributed by atoms with Crippen LogP contribution in [0, 0.1) is 11.8 Å². The molecule has 1 heterocycles. The number of carbonyl (C=O) groups is 1. The van der Waals surface area contributed by atoms with Gasteiger partial charge in [0, 0.05) is 13.0 Å². The first-order valence-corrected chi connectivity index (χ1v) is 7.41. The van der Waals surface area contributed by atoms with Gasteiger partial charge in [-0.25, -0.2) is 9.67 Å². The second kappa shape index (κ2) is 4.57. The Kier molecular flexibility index (Phi) is 3.05. The number of nitrogens with zero attached hydrogens (tertiary/aromatic N) is 3. The summed E-state index contributed by atoms with van der Waals surface area (Å²) in [6, 6.07) is 0. The quantitative estimate of drug-likeness (QED) is 0.844. The maximum absolute atomic E-state index is 10.6. The van der Waals surface area contributed by atoms with Crippen molar-refractivity contribution in [1.82, 2.24) is 14.8 Å². The van der Waals surface area contributed by atoms with Crippen LogP contribution in [0.3, 0.4) is 0 Å². The van der Waals surface area contributed by atoms with E-state index in [1.807, 2.05) is 7.05 Å². The highest BCUT2D eigenvalue weighted by molar-refractivity contribution is 7.99. The topological polar surface area (TPSA) is 68.0 Å². The summed E-state index contributed by atoms with van der Waals surface area (Å²) in [4.78, 5) is 15.1. The first kappa shape index (κ1) is 12.0. The van der Waals surface area contributed by atoms with Gasteiger partial charge < -0.3 is 5.11 Å². The zero-order valence-corrected chi connectivity index (χ0v) is 11.2. The Morgan fingerprint density at radius 2 is 2.11 bits per heavy atom. The molecule has 2 atom stereocenters. The Morgan fingerprint density at radius 1 is 1.44 bits per heavy atom. The predicted molar refractivity (Wildman–Crippen MR) is 67.6 cm³/mol. The Labute approximate surface area is 110 Å². The number of hydrogen-bond donors (Lipinski definition) is 1. The van der Waals surface area contributed by atoms with Gasteiger partial charge in [-0.05, 0) is 24.7 Å². The summed E-state index contributed by atoms with van der Waals surface area (Å²) in [5, 5.41) is 13.9. The minimum atomic E-state index is -0.815. The highest BCUT2D eigenvalue weighted by Gasteiger charge is 2.53. The summed E-state index contributed by atoms with van der Waals surface area (Å²) in [5.41, 5.74) is 0. The van der Waals surface area contributed by atoms with Crippen molar-refractivity contribution in [2.24, 2.45) is 18.9 Å². The molecule has 2 unspecified atom stereocenters. The number of rotatable bonds is 4. The lowest BCUT2D eigenvalue weighted by Gasteiger charge is -2.04. The van der Waals surface area contributed by atoms with Crippen molar-refractivity contribution in [2.45, 2.75) is 36.8 Å². The van der Waals surface area contributed by atoms with E-state index < -0.39 is 5.97 Å². The smallest absolute Gasteiger partial charge is 0.313 e. The van der Waals surface area contributed by atoms with Crippen molar-refractivity contribution >= 4 is 17.7 Å². The van der Waals surface area contributed by atoms with E-state index in [0.717, 1.165) is 22.8 Å². The van der Waals surface area contributed by atoms with Crippen molar-refractivity contribution in [1.29, 1.82) is 0 Å². The van der Waals surface area contributed by atoms with Crippen LogP contribution < -0.4 is 0 Å². The van der Waals surface area contributed by atoms with Gasteiger partial charge in [0.2, 0.25) is 0 Å². The van der Waals surface area contributed by atoms with Crippen LogP contribution in [-0.4, -0.2) is 31.6 Å². The average molecular weight is 267 g/mol. The largest absolute Gasteiger partial charge is 0.481 e. The van der Waals surface area contributed by atoms with Gasteiger partial charge in [0.05, 0.1) is 5.75 Å². The molecule has 0 bridgehead atoms. The van der Waals surface area contributed by atoms with Crippen LogP contribution in [0.15, 0.2) is 5.16 Å². The Balaban J connectivity index is 1.70. The molecule has 2 saturated carbocycles. The highest BCUT2D eigenvalue weighted by Crippen LogP contribution is 2.60. The van der Waals surface area contributed by atoms with Crippen molar-refractivity contribution in [3.63, 3.8) is 0 Å². The van der Waals surface area contributed by atoms with Crippen LogP contribution >= 0.6 is 11.8 Å². The molecule has 2 aliphatic carbocycles. The minimum absolute atomic E-state index is 0.0451. The molecule has 0 saturated heterocycles. The number of carboxylic acid groups (broad SMARTS) is 1. The highest BCUT2D eigenvalue weighted by atomic mass is 32.2. The fraction of sp³-hybridized carbons (Fsp3) is 0.750. The summed E-state index contributed by atoms with van der Waals surface area (Å²) in [7, 11) is 1.84. The maximum atomic E-state index is 10.6. The molecule has 0 radical (unpaired) electrons. The van der Waals surface area contributed by atoms with Gasteiger partial charge in [-0.1, -0.05) is 24.6 Å². The fourth-order valence-corrected chi connectivity index (χ4v) is 3.80. The average Bonchev–Trinajstić information content (AvgIpc) is 2.96. The fourth-order valence-electron chi connectivity index (χ4n) is 3.16. The number of hydrogen-bond acceptors (Lipinski definition) is 4. The Bertz CT molecular complexity index is 462. The lowest BCUT2D eigenvalue weighted by molar-refractivity contribution is -0.133. The van der Waals surface area contributed by atoms with Crippen LogP contribution in [0.1, 0.15) is 37.4 Å².